The number of ketones is 1. The molecule has 0 saturated heterocycles. The van der Waals surface area contributed by atoms with Crippen molar-refractivity contribution in [1.82, 2.24) is 0 Å². The van der Waals surface area contributed by atoms with E-state index in [1.165, 1.54) is 6.07 Å². The van der Waals surface area contributed by atoms with Crippen LogP contribution >= 0.6 is 27.5 Å². The maximum Gasteiger partial charge on any atom is 0.167 e. The first-order valence-corrected chi connectivity index (χ1v) is 6.88. The molecule has 98 valence electrons. The van der Waals surface area contributed by atoms with Gasteiger partial charge in [0.25, 0.3) is 0 Å². The van der Waals surface area contributed by atoms with Gasteiger partial charge in [-0.05, 0) is 36.2 Å². The minimum atomic E-state index is -0.521. The Balaban J connectivity index is 2.28. The summed E-state index contributed by atoms with van der Waals surface area (Å²) in [5.74, 6) is -0.640. The van der Waals surface area contributed by atoms with Crippen LogP contribution in [0.4, 0.5) is 4.39 Å². The van der Waals surface area contributed by atoms with Gasteiger partial charge in [-0.2, -0.15) is 0 Å². The van der Waals surface area contributed by atoms with Gasteiger partial charge in [-0.25, -0.2) is 4.39 Å². The molecule has 0 spiro atoms. The predicted octanol–water partition coefficient (Wildman–Crippen LogP) is 4.98. The number of Topliss-reactive ketones (excluding diaryl/α,β-unsaturated/α-hetero) is 1. The lowest BCUT2D eigenvalue weighted by Gasteiger charge is -2.07. The van der Waals surface area contributed by atoms with E-state index in [1.807, 2.05) is 13.0 Å². The van der Waals surface area contributed by atoms with Gasteiger partial charge in [0.05, 0.1) is 5.02 Å². The average molecular weight is 342 g/mol. The van der Waals surface area contributed by atoms with Crippen molar-refractivity contribution in [2.45, 2.75) is 13.3 Å². The fourth-order valence-electron chi connectivity index (χ4n) is 1.89. The van der Waals surface area contributed by atoms with E-state index in [0.717, 1.165) is 10.0 Å². The van der Waals surface area contributed by atoms with Gasteiger partial charge < -0.3 is 0 Å². The third-order valence-electron chi connectivity index (χ3n) is 2.87. The van der Waals surface area contributed by atoms with Gasteiger partial charge in [-0.15, -0.1) is 0 Å². The standard InChI is InChI=1S/C15H11BrClFO/c1-9-7-11(16)5-6-12(9)14(19)8-10-3-2-4-13(17)15(10)18/h2-7H,8H2,1H3. The molecule has 0 aromatic heterocycles. The highest BCUT2D eigenvalue weighted by atomic mass is 79.9. The predicted molar refractivity (Wildman–Crippen MR) is 78.3 cm³/mol. The monoisotopic (exact) mass is 340 g/mol. The lowest BCUT2D eigenvalue weighted by molar-refractivity contribution is 0.0991. The second kappa shape index (κ2) is 5.85. The first-order valence-electron chi connectivity index (χ1n) is 5.71. The number of hydrogen-bond donors (Lipinski definition) is 0. The SMILES string of the molecule is Cc1cc(Br)ccc1C(=O)Cc1cccc(Cl)c1F. The van der Waals surface area contributed by atoms with Crippen LogP contribution in [0, 0.1) is 12.7 Å². The third kappa shape index (κ3) is 3.23. The van der Waals surface area contributed by atoms with Crippen LogP contribution in [0.3, 0.4) is 0 Å². The highest BCUT2D eigenvalue weighted by Crippen LogP contribution is 2.21. The minimum absolute atomic E-state index is 0.00880. The Bertz CT molecular complexity index is 640. The summed E-state index contributed by atoms with van der Waals surface area (Å²) in [6, 6.07) is 10.1. The fraction of sp³-hybridized carbons (Fsp3) is 0.133. The number of rotatable bonds is 3. The van der Waals surface area contributed by atoms with Gasteiger partial charge in [0.2, 0.25) is 0 Å². The number of aryl methyl sites for hydroxylation is 1. The minimum Gasteiger partial charge on any atom is -0.294 e. The molecule has 4 heteroatoms. The molecule has 19 heavy (non-hydrogen) atoms. The highest BCUT2D eigenvalue weighted by molar-refractivity contribution is 9.10. The van der Waals surface area contributed by atoms with Gasteiger partial charge in [0.1, 0.15) is 5.82 Å². The summed E-state index contributed by atoms with van der Waals surface area (Å²) in [4.78, 5) is 12.2. The molecule has 1 nitrogen and oxygen atoms in total. The molecule has 0 aliphatic heterocycles. The Morgan fingerprint density at radius 2 is 2.05 bits per heavy atom. The number of carbonyl (C=O) groups is 1. The zero-order valence-corrected chi connectivity index (χ0v) is 12.6. The molecule has 2 rings (SSSR count). The topological polar surface area (TPSA) is 17.1 Å². The van der Waals surface area contributed by atoms with Gasteiger partial charge in [-0.1, -0.05) is 45.7 Å². The molecule has 0 N–H and O–H groups in total. The van der Waals surface area contributed by atoms with Crippen molar-refractivity contribution in [1.29, 1.82) is 0 Å². The maximum atomic E-state index is 13.8. The van der Waals surface area contributed by atoms with E-state index in [-0.39, 0.29) is 17.2 Å². The second-order valence-electron chi connectivity index (χ2n) is 4.27. The first-order chi connectivity index (χ1) is 8.99. The summed E-state index contributed by atoms with van der Waals surface area (Å²) in [7, 11) is 0. The maximum absolute atomic E-state index is 13.8. The molecule has 0 unspecified atom stereocenters. The Labute approximate surface area is 124 Å². The summed E-state index contributed by atoms with van der Waals surface area (Å²) in [6.07, 6.45) is 0.00880. The number of halogens is 3. The zero-order valence-electron chi connectivity index (χ0n) is 10.2. The van der Waals surface area contributed by atoms with E-state index in [0.29, 0.717) is 11.1 Å². The molecule has 0 saturated carbocycles. The van der Waals surface area contributed by atoms with E-state index in [4.69, 9.17) is 11.6 Å². The molecule has 0 radical (unpaired) electrons. The van der Waals surface area contributed by atoms with E-state index < -0.39 is 5.82 Å². The second-order valence-corrected chi connectivity index (χ2v) is 5.60. The Morgan fingerprint density at radius 1 is 1.32 bits per heavy atom. The summed E-state index contributed by atoms with van der Waals surface area (Å²) in [5, 5.41) is 0.0397. The average Bonchev–Trinajstić information content (AvgIpc) is 2.34. The molecule has 0 fully saturated rings. The Kier molecular flexibility index (Phi) is 4.38. The molecule has 2 aromatic rings. The lowest BCUT2D eigenvalue weighted by Crippen LogP contribution is -2.07. The Hall–Kier alpha value is -1.19. The van der Waals surface area contributed by atoms with Crippen molar-refractivity contribution in [3.8, 4) is 0 Å². The fourth-order valence-corrected chi connectivity index (χ4v) is 2.56. The van der Waals surface area contributed by atoms with E-state index in [1.54, 1.807) is 24.3 Å². The Morgan fingerprint density at radius 3 is 2.74 bits per heavy atom. The zero-order chi connectivity index (χ0) is 14.0. The van der Waals surface area contributed by atoms with Crippen LogP contribution in [0.5, 0.6) is 0 Å². The normalized spacial score (nSPS) is 10.5. The van der Waals surface area contributed by atoms with E-state index in [2.05, 4.69) is 15.9 Å². The summed E-state index contributed by atoms with van der Waals surface area (Å²) >= 11 is 9.05. The summed E-state index contributed by atoms with van der Waals surface area (Å²) < 4.78 is 14.7. The van der Waals surface area contributed by atoms with Crippen molar-refractivity contribution >= 4 is 33.3 Å². The summed E-state index contributed by atoms with van der Waals surface area (Å²) in [5.41, 5.74) is 1.78. The number of carbonyl (C=O) groups excluding carboxylic acids is 1. The number of hydrogen-bond acceptors (Lipinski definition) is 1. The molecule has 0 heterocycles. The van der Waals surface area contributed by atoms with Gasteiger partial charge >= 0.3 is 0 Å². The van der Waals surface area contributed by atoms with Gasteiger partial charge in [0, 0.05) is 16.5 Å². The van der Waals surface area contributed by atoms with Gasteiger partial charge in [-0.3, -0.25) is 4.79 Å². The molecule has 0 atom stereocenters. The van der Waals surface area contributed by atoms with E-state index in [9.17, 15) is 9.18 Å². The lowest BCUT2D eigenvalue weighted by atomic mass is 9.99. The largest absolute Gasteiger partial charge is 0.294 e. The first kappa shape index (κ1) is 14.2. The quantitative estimate of drug-likeness (QED) is 0.720. The van der Waals surface area contributed by atoms with Crippen LogP contribution in [-0.4, -0.2) is 5.78 Å². The van der Waals surface area contributed by atoms with Crippen molar-refractivity contribution < 1.29 is 9.18 Å². The van der Waals surface area contributed by atoms with Crippen LogP contribution in [-0.2, 0) is 6.42 Å². The smallest absolute Gasteiger partial charge is 0.167 e. The van der Waals surface area contributed by atoms with Crippen LogP contribution in [0.1, 0.15) is 21.5 Å². The van der Waals surface area contributed by atoms with E-state index >= 15 is 0 Å². The van der Waals surface area contributed by atoms with Crippen molar-refractivity contribution in [3.05, 3.63) is 68.4 Å². The highest BCUT2D eigenvalue weighted by Gasteiger charge is 2.14. The molecule has 0 aliphatic carbocycles. The molecule has 0 bridgehead atoms. The molecular formula is C15H11BrClFO. The van der Waals surface area contributed by atoms with Crippen LogP contribution < -0.4 is 0 Å². The van der Waals surface area contributed by atoms with Crippen molar-refractivity contribution in [2.24, 2.45) is 0 Å². The number of benzene rings is 2. The van der Waals surface area contributed by atoms with Gasteiger partial charge in [0.15, 0.2) is 5.78 Å². The van der Waals surface area contributed by atoms with Crippen molar-refractivity contribution in [3.63, 3.8) is 0 Å². The molecule has 2 aromatic carbocycles. The van der Waals surface area contributed by atoms with Crippen LogP contribution in [0.25, 0.3) is 0 Å². The van der Waals surface area contributed by atoms with Crippen molar-refractivity contribution in [2.75, 3.05) is 0 Å². The third-order valence-corrected chi connectivity index (χ3v) is 3.66. The summed E-state index contributed by atoms with van der Waals surface area (Å²) in [6.45, 7) is 1.85. The van der Waals surface area contributed by atoms with Crippen LogP contribution in [0.2, 0.25) is 5.02 Å². The molecule has 0 amide bonds. The molecular weight excluding hydrogens is 331 g/mol. The van der Waals surface area contributed by atoms with Crippen LogP contribution in [0.15, 0.2) is 40.9 Å². The molecule has 0 aliphatic rings.